The molecule has 0 bridgehead atoms. The van der Waals surface area contributed by atoms with Crippen molar-refractivity contribution in [2.45, 2.75) is 56.6 Å². The van der Waals surface area contributed by atoms with Crippen molar-refractivity contribution in [2.24, 2.45) is 0 Å². The Morgan fingerprint density at radius 2 is 2.17 bits per heavy atom. The topological polar surface area (TPSA) is 85.1 Å². The molecule has 1 aliphatic heterocycles. The summed E-state index contributed by atoms with van der Waals surface area (Å²) in [6.07, 6.45) is 3.57. The summed E-state index contributed by atoms with van der Waals surface area (Å²) >= 11 is 6.06. The molecule has 1 saturated heterocycles. The molecule has 2 fully saturated rings. The fraction of sp³-hybridized carbons (Fsp3) is 0.667. The van der Waals surface area contributed by atoms with Gasteiger partial charge in [0.15, 0.2) is 23.2 Å². The first-order valence-corrected chi connectivity index (χ1v) is 8.60. The molecule has 0 aromatic carbocycles. The minimum atomic E-state index is -1.24. The SMILES string of the molecule is OC[C@@H]1C[C@H](F)[C@H](n2cnc3c(NC4CCCC4)nc(Cl)nc32)O1. The van der Waals surface area contributed by atoms with Crippen LogP contribution in [-0.4, -0.2) is 49.5 Å². The van der Waals surface area contributed by atoms with Crippen molar-refractivity contribution < 1.29 is 14.2 Å². The zero-order valence-corrected chi connectivity index (χ0v) is 13.8. The second-order valence-corrected chi connectivity index (χ2v) is 6.71. The summed E-state index contributed by atoms with van der Waals surface area (Å²) in [6.45, 7) is -0.215. The molecule has 130 valence electrons. The van der Waals surface area contributed by atoms with Crippen LogP contribution in [0.3, 0.4) is 0 Å². The van der Waals surface area contributed by atoms with Crippen molar-refractivity contribution >= 4 is 28.6 Å². The normalized spacial score (nSPS) is 28.0. The van der Waals surface area contributed by atoms with Crippen molar-refractivity contribution in [2.75, 3.05) is 11.9 Å². The van der Waals surface area contributed by atoms with E-state index >= 15 is 0 Å². The highest BCUT2D eigenvalue weighted by molar-refractivity contribution is 6.28. The lowest BCUT2D eigenvalue weighted by Gasteiger charge is -2.16. The molecule has 2 aromatic heterocycles. The summed E-state index contributed by atoms with van der Waals surface area (Å²) in [6, 6.07) is 0.347. The fourth-order valence-corrected chi connectivity index (χ4v) is 3.67. The van der Waals surface area contributed by atoms with Gasteiger partial charge in [0.2, 0.25) is 5.28 Å². The summed E-state index contributed by atoms with van der Waals surface area (Å²) in [7, 11) is 0. The predicted molar refractivity (Wildman–Crippen MR) is 86.7 cm³/mol. The van der Waals surface area contributed by atoms with E-state index in [0.717, 1.165) is 12.8 Å². The maximum absolute atomic E-state index is 14.3. The number of fused-ring (bicyclic) bond motifs is 1. The van der Waals surface area contributed by atoms with E-state index < -0.39 is 18.5 Å². The van der Waals surface area contributed by atoms with Gasteiger partial charge in [-0.2, -0.15) is 9.97 Å². The Morgan fingerprint density at radius 3 is 2.88 bits per heavy atom. The lowest BCUT2D eigenvalue weighted by molar-refractivity contribution is -0.0351. The highest BCUT2D eigenvalue weighted by atomic mass is 35.5. The number of hydrogen-bond acceptors (Lipinski definition) is 6. The largest absolute Gasteiger partial charge is 0.394 e. The number of nitrogens with zero attached hydrogens (tertiary/aromatic N) is 4. The van der Waals surface area contributed by atoms with Crippen molar-refractivity contribution in [1.29, 1.82) is 0 Å². The number of nitrogens with one attached hydrogen (secondary N) is 1. The third-order valence-corrected chi connectivity index (χ3v) is 4.87. The molecular weight excluding hydrogens is 337 g/mol. The number of aromatic nitrogens is 4. The molecule has 0 spiro atoms. The Balaban J connectivity index is 1.69. The van der Waals surface area contributed by atoms with Gasteiger partial charge in [-0.3, -0.25) is 4.57 Å². The molecule has 9 heteroatoms. The molecule has 4 rings (SSSR count). The van der Waals surface area contributed by atoms with Gasteiger partial charge in [-0.1, -0.05) is 12.8 Å². The third kappa shape index (κ3) is 2.82. The van der Waals surface area contributed by atoms with Crippen LogP contribution in [0.25, 0.3) is 11.2 Å². The van der Waals surface area contributed by atoms with Crippen LogP contribution in [0.4, 0.5) is 10.2 Å². The zero-order valence-electron chi connectivity index (χ0n) is 13.0. The highest BCUT2D eigenvalue weighted by Crippen LogP contribution is 2.34. The highest BCUT2D eigenvalue weighted by Gasteiger charge is 2.37. The molecule has 0 unspecified atom stereocenters. The number of rotatable bonds is 4. The summed E-state index contributed by atoms with van der Waals surface area (Å²) < 4.78 is 21.4. The van der Waals surface area contributed by atoms with E-state index in [1.807, 2.05) is 0 Å². The third-order valence-electron chi connectivity index (χ3n) is 4.70. The number of aliphatic hydroxyl groups is 1. The van der Waals surface area contributed by atoms with Gasteiger partial charge in [0.25, 0.3) is 0 Å². The first-order valence-electron chi connectivity index (χ1n) is 8.22. The van der Waals surface area contributed by atoms with Gasteiger partial charge in [-0.15, -0.1) is 0 Å². The zero-order chi connectivity index (χ0) is 16.7. The lowest BCUT2D eigenvalue weighted by Crippen LogP contribution is -2.18. The Hall–Kier alpha value is -1.51. The molecule has 3 atom stereocenters. The number of ether oxygens (including phenoxy) is 1. The van der Waals surface area contributed by atoms with Crippen molar-refractivity contribution in [1.82, 2.24) is 19.5 Å². The van der Waals surface area contributed by atoms with Crippen LogP contribution in [0.2, 0.25) is 5.28 Å². The number of imidazole rings is 1. The minimum Gasteiger partial charge on any atom is -0.394 e. The van der Waals surface area contributed by atoms with Gasteiger partial charge in [-0.25, -0.2) is 9.37 Å². The molecule has 1 aliphatic carbocycles. The average Bonchev–Trinajstić information content (AvgIpc) is 3.27. The van der Waals surface area contributed by atoms with Crippen LogP contribution in [0.1, 0.15) is 38.3 Å². The molecule has 2 aliphatic rings. The summed E-state index contributed by atoms with van der Waals surface area (Å²) in [5, 5.41) is 12.6. The van der Waals surface area contributed by atoms with Crippen molar-refractivity contribution in [3.8, 4) is 0 Å². The van der Waals surface area contributed by atoms with Crippen LogP contribution in [0, 0.1) is 0 Å². The van der Waals surface area contributed by atoms with Gasteiger partial charge in [0.1, 0.15) is 6.17 Å². The monoisotopic (exact) mass is 355 g/mol. The molecule has 24 heavy (non-hydrogen) atoms. The van der Waals surface area contributed by atoms with E-state index in [1.165, 1.54) is 23.7 Å². The summed E-state index contributed by atoms with van der Waals surface area (Å²) in [4.78, 5) is 12.8. The van der Waals surface area contributed by atoms with E-state index in [0.29, 0.717) is 23.0 Å². The van der Waals surface area contributed by atoms with E-state index in [2.05, 4.69) is 20.3 Å². The molecule has 2 N–H and O–H groups in total. The van der Waals surface area contributed by atoms with Crippen molar-refractivity contribution in [3.63, 3.8) is 0 Å². The number of alkyl halides is 1. The fourth-order valence-electron chi connectivity index (χ4n) is 3.50. The number of hydrogen-bond donors (Lipinski definition) is 2. The molecule has 7 nitrogen and oxygen atoms in total. The average molecular weight is 356 g/mol. The molecule has 1 saturated carbocycles. The first kappa shape index (κ1) is 16.0. The van der Waals surface area contributed by atoms with E-state index in [1.54, 1.807) is 0 Å². The van der Waals surface area contributed by atoms with Crippen LogP contribution in [0.15, 0.2) is 6.33 Å². The molecule has 3 heterocycles. The van der Waals surface area contributed by atoms with Crippen LogP contribution in [-0.2, 0) is 4.74 Å². The van der Waals surface area contributed by atoms with E-state index in [4.69, 9.17) is 16.3 Å². The van der Waals surface area contributed by atoms with Crippen LogP contribution in [0.5, 0.6) is 0 Å². The maximum atomic E-state index is 14.3. The Morgan fingerprint density at radius 1 is 1.38 bits per heavy atom. The second-order valence-electron chi connectivity index (χ2n) is 6.37. The van der Waals surface area contributed by atoms with Gasteiger partial charge in [-0.05, 0) is 24.4 Å². The second kappa shape index (κ2) is 6.42. The number of halogens is 2. The Kier molecular flexibility index (Phi) is 4.28. The predicted octanol–water partition coefficient (Wildman–Crippen LogP) is 2.45. The quantitative estimate of drug-likeness (QED) is 0.819. The number of aliphatic hydroxyl groups excluding tert-OH is 1. The van der Waals surface area contributed by atoms with Gasteiger partial charge in [0, 0.05) is 12.5 Å². The first-order chi connectivity index (χ1) is 11.7. The molecule has 0 radical (unpaired) electrons. The number of anilines is 1. The van der Waals surface area contributed by atoms with Gasteiger partial charge in [0.05, 0.1) is 19.0 Å². The minimum absolute atomic E-state index is 0.0804. The maximum Gasteiger partial charge on any atom is 0.226 e. The Labute approximate surface area is 143 Å². The van der Waals surface area contributed by atoms with Gasteiger partial charge >= 0.3 is 0 Å². The summed E-state index contributed by atoms with van der Waals surface area (Å²) in [5.74, 6) is 0.572. The van der Waals surface area contributed by atoms with Crippen LogP contribution < -0.4 is 5.32 Å². The summed E-state index contributed by atoms with van der Waals surface area (Å²) in [5.41, 5.74) is 0.983. The molecule has 0 amide bonds. The van der Waals surface area contributed by atoms with Crippen molar-refractivity contribution in [3.05, 3.63) is 11.6 Å². The smallest absolute Gasteiger partial charge is 0.226 e. The molecule has 2 aromatic rings. The van der Waals surface area contributed by atoms with E-state index in [-0.39, 0.29) is 18.3 Å². The molecular formula is C15H19ClFN5O2. The Bertz CT molecular complexity index is 736. The lowest BCUT2D eigenvalue weighted by atomic mass is 10.2. The van der Waals surface area contributed by atoms with Crippen LogP contribution >= 0.6 is 11.6 Å². The van der Waals surface area contributed by atoms with E-state index in [9.17, 15) is 9.50 Å². The standard InChI is InChI=1S/C15H19ClFN5O2/c16-15-20-12(19-8-3-1-2-4-8)11-13(21-15)22(7-18-11)14-10(17)5-9(6-23)24-14/h7-10,14,23H,1-6H2,(H,19,20,21)/t9-,10-,14+/m0/s1. The van der Waals surface area contributed by atoms with Gasteiger partial charge < -0.3 is 15.2 Å².